The van der Waals surface area contributed by atoms with Gasteiger partial charge in [0.15, 0.2) is 0 Å². The van der Waals surface area contributed by atoms with Crippen LogP contribution in [0.15, 0.2) is 29.2 Å². The van der Waals surface area contributed by atoms with E-state index in [1.165, 1.54) is 6.07 Å². The molecule has 1 aromatic carbocycles. The molecule has 5 heteroatoms. The average Bonchev–Trinajstić information content (AvgIpc) is 2.97. The molecular weight excluding hydrogens is 247 g/mol. The first-order valence-corrected chi connectivity index (χ1v) is 6.19. The fraction of sp³-hybridized carbons (Fsp3) is 0.286. The van der Waals surface area contributed by atoms with Crippen molar-refractivity contribution in [3.05, 3.63) is 52.0 Å². The van der Waals surface area contributed by atoms with E-state index in [0.717, 1.165) is 28.8 Å². The lowest BCUT2D eigenvalue weighted by Crippen LogP contribution is -2.29. The minimum absolute atomic E-state index is 0.270. The van der Waals surface area contributed by atoms with Crippen LogP contribution in [0.5, 0.6) is 0 Å². The lowest BCUT2D eigenvalue weighted by molar-refractivity contribution is 0.184. The first kappa shape index (κ1) is 10.9. The van der Waals surface area contributed by atoms with E-state index in [-0.39, 0.29) is 11.5 Å². The predicted octanol–water partition coefficient (Wildman–Crippen LogP) is 1.60. The molecular formula is C14H11FN2O2. The summed E-state index contributed by atoms with van der Waals surface area (Å²) < 4.78 is 19.1. The first-order chi connectivity index (χ1) is 9.21. The Labute approximate surface area is 108 Å². The second kappa shape index (κ2) is 3.51. The van der Waals surface area contributed by atoms with Crippen LogP contribution >= 0.6 is 0 Å². The summed E-state index contributed by atoms with van der Waals surface area (Å²) in [6, 6.07) is 4.72. The molecule has 1 aromatic heterocycles. The molecule has 2 aliphatic rings. The minimum atomic E-state index is -0.422. The van der Waals surface area contributed by atoms with Gasteiger partial charge in [-0.2, -0.15) is 0 Å². The quantitative estimate of drug-likeness (QED) is 0.780. The standard InChI is InChI=1S/C14H11FN2O2/c15-8-1-2-9-10-6-16-13(18)17-12(10)14(11(9)5-8)3-4-19-7-14/h1-2,5-6H,3-4,7H2,(H,16,17,18). The summed E-state index contributed by atoms with van der Waals surface area (Å²) >= 11 is 0. The van der Waals surface area contributed by atoms with Crippen molar-refractivity contribution in [2.75, 3.05) is 13.2 Å². The molecule has 1 aliphatic carbocycles. The molecule has 96 valence electrons. The van der Waals surface area contributed by atoms with E-state index in [1.807, 2.05) is 0 Å². The molecule has 4 nitrogen and oxygen atoms in total. The summed E-state index contributed by atoms with van der Waals surface area (Å²) in [6.07, 6.45) is 2.31. The Bertz CT molecular complexity index is 732. The third kappa shape index (κ3) is 1.30. The summed E-state index contributed by atoms with van der Waals surface area (Å²) in [6.45, 7) is 1.08. The molecule has 1 aliphatic heterocycles. The number of nitrogens with zero attached hydrogens (tertiary/aromatic N) is 1. The van der Waals surface area contributed by atoms with Crippen molar-refractivity contribution >= 4 is 0 Å². The summed E-state index contributed by atoms with van der Waals surface area (Å²) in [7, 11) is 0. The zero-order valence-corrected chi connectivity index (χ0v) is 10.1. The van der Waals surface area contributed by atoms with Crippen LogP contribution in [0.1, 0.15) is 17.7 Å². The first-order valence-electron chi connectivity index (χ1n) is 6.19. The van der Waals surface area contributed by atoms with Crippen LogP contribution in [-0.2, 0) is 10.2 Å². The van der Waals surface area contributed by atoms with E-state index in [0.29, 0.717) is 13.2 Å². The number of ether oxygens (including phenoxy) is 1. The number of fused-ring (bicyclic) bond motifs is 5. The van der Waals surface area contributed by atoms with Gasteiger partial charge in [-0.3, -0.25) is 0 Å². The molecule has 0 saturated carbocycles. The number of aromatic nitrogens is 2. The van der Waals surface area contributed by atoms with Crippen LogP contribution in [0.4, 0.5) is 4.39 Å². The molecule has 1 unspecified atom stereocenters. The van der Waals surface area contributed by atoms with Gasteiger partial charge in [0, 0.05) is 24.1 Å². The average molecular weight is 258 g/mol. The smallest absolute Gasteiger partial charge is 0.345 e. The molecule has 2 heterocycles. The van der Waals surface area contributed by atoms with Crippen LogP contribution < -0.4 is 5.69 Å². The maximum Gasteiger partial charge on any atom is 0.345 e. The zero-order chi connectivity index (χ0) is 13.0. The summed E-state index contributed by atoms with van der Waals surface area (Å²) in [5.74, 6) is -0.270. The summed E-state index contributed by atoms with van der Waals surface area (Å²) in [5.41, 5.74) is 2.72. The lowest BCUT2D eigenvalue weighted by Gasteiger charge is -2.23. The number of rotatable bonds is 0. The second-order valence-corrected chi connectivity index (χ2v) is 5.05. The molecule has 4 rings (SSSR count). The maximum absolute atomic E-state index is 13.6. The van der Waals surface area contributed by atoms with Crippen LogP contribution in [0.3, 0.4) is 0 Å². The van der Waals surface area contributed by atoms with Crippen molar-refractivity contribution in [1.29, 1.82) is 0 Å². The Morgan fingerprint density at radius 3 is 3.05 bits per heavy atom. The van der Waals surface area contributed by atoms with Crippen LogP contribution in [-0.4, -0.2) is 23.2 Å². The van der Waals surface area contributed by atoms with E-state index in [4.69, 9.17) is 4.74 Å². The van der Waals surface area contributed by atoms with Crippen molar-refractivity contribution in [1.82, 2.24) is 9.97 Å². The number of H-pyrrole nitrogens is 1. The zero-order valence-electron chi connectivity index (χ0n) is 10.1. The second-order valence-electron chi connectivity index (χ2n) is 5.05. The Morgan fingerprint density at radius 1 is 1.37 bits per heavy atom. The summed E-state index contributed by atoms with van der Waals surface area (Å²) in [5, 5.41) is 0. The fourth-order valence-corrected chi connectivity index (χ4v) is 3.23. The third-order valence-electron chi connectivity index (χ3n) is 4.10. The molecule has 19 heavy (non-hydrogen) atoms. The van der Waals surface area contributed by atoms with Gasteiger partial charge in [0.05, 0.1) is 12.0 Å². The largest absolute Gasteiger partial charge is 0.380 e. The van der Waals surface area contributed by atoms with E-state index in [9.17, 15) is 9.18 Å². The third-order valence-corrected chi connectivity index (χ3v) is 4.10. The number of hydrogen-bond acceptors (Lipinski definition) is 3. The number of aromatic amines is 1. The molecule has 1 spiro atoms. The Hall–Kier alpha value is -2.01. The van der Waals surface area contributed by atoms with Gasteiger partial charge in [-0.05, 0) is 29.7 Å². The van der Waals surface area contributed by atoms with Gasteiger partial charge >= 0.3 is 5.69 Å². The molecule has 0 radical (unpaired) electrons. The minimum Gasteiger partial charge on any atom is -0.380 e. The highest BCUT2D eigenvalue weighted by atomic mass is 19.1. The Kier molecular flexibility index (Phi) is 2.01. The van der Waals surface area contributed by atoms with Gasteiger partial charge in [-0.1, -0.05) is 6.07 Å². The van der Waals surface area contributed by atoms with Gasteiger partial charge in [0.25, 0.3) is 0 Å². The van der Waals surface area contributed by atoms with Crippen LogP contribution in [0, 0.1) is 5.82 Å². The molecule has 0 amide bonds. The highest BCUT2D eigenvalue weighted by Gasteiger charge is 2.47. The molecule has 0 bridgehead atoms. The van der Waals surface area contributed by atoms with E-state index >= 15 is 0 Å². The number of nitrogens with one attached hydrogen (secondary N) is 1. The van der Waals surface area contributed by atoms with Gasteiger partial charge in [0.2, 0.25) is 0 Å². The number of halogens is 1. The number of hydrogen-bond donors (Lipinski definition) is 1. The fourth-order valence-electron chi connectivity index (χ4n) is 3.23. The van der Waals surface area contributed by atoms with Crippen molar-refractivity contribution in [2.45, 2.75) is 11.8 Å². The highest BCUT2D eigenvalue weighted by Crippen LogP contribution is 2.51. The topological polar surface area (TPSA) is 55.0 Å². The SMILES string of the molecule is O=c1ncc2c([nH]1)C1(CCOC1)c1cc(F)ccc1-2. The molecule has 1 atom stereocenters. The van der Waals surface area contributed by atoms with Gasteiger partial charge in [-0.15, -0.1) is 0 Å². The molecule has 1 saturated heterocycles. The van der Waals surface area contributed by atoms with Gasteiger partial charge < -0.3 is 9.72 Å². The van der Waals surface area contributed by atoms with Crippen molar-refractivity contribution in [3.8, 4) is 11.1 Å². The maximum atomic E-state index is 13.6. The van der Waals surface area contributed by atoms with Crippen LogP contribution in [0.2, 0.25) is 0 Å². The van der Waals surface area contributed by atoms with E-state index in [1.54, 1.807) is 18.3 Å². The van der Waals surface area contributed by atoms with Crippen molar-refractivity contribution in [3.63, 3.8) is 0 Å². The van der Waals surface area contributed by atoms with E-state index < -0.39 is 5.41 Å². The van der Waals surface area contributed by atoms with Crippen LogP contribution in [0.25, 0.3) is 11.1 Å². The van der Waals surface area contributed by atoms with Crippen molar-refractivity contribution < 1.29 is 9.13 Å². The van der Waals surface area contributed by atoms with E-state index in [2.05, 4.69) is 9.97 Å². The number of benzene rings is 1. The van der Waals surface area contributed by atoms with Gasteiger partial charge in [-0.25, -0.2) is 14.2 Å². The Morgan fingerprint density at radius 2 is 2.26 bits per heavy atom. The molecule has 1 fully saturated rings. The van der Waals surface area contributed by atoms with Gasteiger partial charge in [0.1, 0.15) is 5.82 Å². The normalized spacial score (nSPS) is 23.6. The monoisotopic (exact) mass is 258 g/mol. The van der Waals surface area contributed by atoms with Crippen molar-refractivity contribution in [2.24, 2.45) is 0 Å². The predicted molar refractivity (Wildman–Crippen MR) is 66.5 cm³/mol. The highest BCUT2D eigenvalue weighted by molar-refractivity contribution is 5.79. The lowest BCUT2D eigenvalue weighted by atomic mass is 9.80. The summed E-state index contributed by atoms with van der Waals surface area (Å²) in [4.78, 5) is 18.1. The molecule has 1 N–H and O–H groups in total. The molecule has 2 aromatic rings. The Balaban J connectivity index is 2.10.